The van der Waals surface area contributed by atoms with Gasteiger partial charge < -0.3 is 40.2 Å². The lowest BCUT2D eigenvalue weighted by Gasteiger charge is -2.31. The molecule has 0 aromatic rings. The van der Waals surface area contributed by atoms with Crippen LogP contribution in [0.15, 0.2) is 0 Å². The normalized spacial score (nSPS) is 11.1. The molecule has 216 valence electrons. The van der Waals surface area contributed by atoms with Gasteiger partial charge in [-0.1, -0.05) is 27.7 Å². The number of nitrogens with one attached hydrogen (secondary N) is 4. The second-order valence-electron chi connectivity index (χ2n) is 8.56. The zero-order valence-corrected chi connectivity index (χ0v) is 23.1. The summed E-state index contributed by atoms with van der Waals surface area (Å²) in [6.07, 6.45) is 0.545. The van der Waals surface area contributed by atoms with Crippen LogP contribution < -0.4 is 21.3 Å². The number of carbonyl (C=O) groups is 4. The van der Waals surface area contributed by atoms with E-state index < -0.39 is 29.3 Å². The average Bonchev–Trinajstić information content (AvgIpc) is 2.88. The van der Waals surface area contributed by atoms with Crippen molar-refractivity contribution >= 4 is 23.9 Å². The van der Waals surface area contributed by atoms with Crippen LogP contribution in [0.2, 0.25) is 0 Å². The summed E-state index contributed by atoms with van der Waals surface area (Å²) in [5, 5.41) is 12.2. The minimum atomic E-state index is -1.25. The van der Waals surface area contributed by atoms with Crippen molar-refractivity contribution in [2.75, 3.05) is 78.8 Å². The Hall–Kier alpha value is -2.28. The number of rotatable bonds is 24. The van der Waals surface area contributed by atoms with Crippen LogP contribution in [0.5, 0.6) is 0 Å². The molecule has 12 heteroatoms. The van der Waals surface area contributed by atoms with E-state index in [0.717, 1.165) is 0 Å². The topological polar surface area (TPSA) is 153 Å². The Kier molecular flexibility index (Phi) is 21.5. The van der Waals surface area contributed by atoms with Crippen LogP contribution in [0.3, 0.4) is 0 Å². The van der Waals surface area contributed by atoms with Crippen molar-refractivity contribution in [1.29, 1.82) is 0 Å². The third-order valence-electron chi connectivity index (χ3n) is 5.18. The number of hydrogen-bond acceptors (Lipinski definition) is 12. The molecule has 0 aliphatic rings. The third kappa shape index (κ3) is 19.5. The van der Waals surface area contributed by atoms with Crippen LogP contribution in [0.4, 0.5) is 0 Å². The zero-order valence-electron chi connectivity index (χ0n) is 23.1. The van der Waals surface area contributed by atoms with E-state index in [2.05, 4.69) is 21.3 Å². The van der Waals surface area contributed by atoms with Gasteiger partial charge in [0.1, 0.15) is 31.8 Å². The van der Waals surface area contributed by atoms with E-state index in [1.54, 1.807) is 0 Å². The quantitative estimate of drug-likeness (QED) is 0.0760. The Balaban J connectivity index is 5.45. The van der Waals surface area contributed by atoms with Gasteiger partial charge in [-0.15, -0.1) is 0 Å². The molecule has 0 aromatic heterocycles. The molecule has 0 saturated heterocycles. The van der Waals surface area contributed by atoms with E-state index in [-0.39, 0.29) is 52.1 Å². The van der Waals surface area contributed by atoms with Crippen LogP contribution in [0.1, 0.15) is 53.4 Å². The van der Waals surface area contributed by atoms with Crippen molar-refractivity contribution in [3.63, 3.8) is 0 Å². The molecule has 4 N–H and O–H groups in total. The lowest BCUT2D eigenvalue weighted by molar-refractivity contribution is -0.170. The average molecular weight is 533 g/mol. The predicted octanol–water partition coefficient (Wildman–Crippen LogP) is 0.144. The molecule has 0 fully saturated rings. The van der Waals surface area contributed by atoms with Crippen LogP contribution in [-0.2, 0) is 38.1 Å². The summed E-state index contributed by atoms with van der Waals surface area (Å²) in [5.74, 6) is -1.89. The van der Waals surface area contributed by atoms with Gasteiger partial charge in [0, 0.05) is 26.2 Å². The van der Waals surface area contributed by atoms with Crippen molar-refractivity contribution in [1.82, 2.24) is 21.3 Å². The number of esters is 4. The Morgan fingerprint density at radius 3 is 0.865 bits per heavy atom. The molecule has 0 aliphatic carbocycles. The molecule has 37 heavy (non-hydrogen) atoms. The minimum absolute atomic E-state index is 0.136. The second-order valence-corrected chi connectivity index (χ2v) is 8.56. The van der Waals surface area contributed by atoms with Crippen LogP contribution in [0, 0.1) is 5.41 Å². The molecule has 0 atom stereocenters. The van der Waals surface area contributed by atoms with Crippen LogP contribution in [-0.4, -0.2) is 103 Å². The first kappa shape index (κ1) is 34.7. The van der Waals surface area contributed by atoms with Gasteiger partial charge in [0.05, 0.1) is 25.7 Å². The Morgan fingerprint density at radius 1 is 0.459 bits per heavy atom. The van der Waals surface area contributed by atoms with Crippen molar-refractivity contribution < 1.29 is 38.1 Å². The van der Waals surface area contributed by atoms with Crippen molar-refractivity contribution in [3.05, 3.63) is 0 Å². The molecule has 0 aliphatic heterocycles. The lowest BCUT2D eigenvalue weighted by atomic mass is 9.92. The predicted molar refractivity (Wildman–Crippen MR) is 139 cm³/mol. The number of carbonyl (C=O) groups excluding carboxylic acids is 4. The standard InChI is InChI=1S/C25H48N4O8/c1-5-26-13-9-21(30)34-17-25(18-35-22(31)10-14-27-6-2,19-36-23(32)11-15-28-7-3)20-37-24(33)12-16-29-8-4/h26-29H,5-20H2,1-4H3. The van der Waals surface area contributed by atoms with Crippen LogP contribution in [0.25, 0.3) is 0 Å². The Labute approximate surface area is 221 Å². The number of hydrogen-bond donors (Lipinski definition) is 4. The van der Waals surface area contributed by atoms with Gasteiger partial charge >= 0.3 is 23.9 Å². The molecule has 0 amide bonds. The van der Waals surface area contributed by atoms with E-state index in [1.807, 2.05) is 27.7 Å². The number of ether oxygens (including phenoxy) is 4. The first-order chi connectivity index (χ1) is 17.8. The molecular formula is C25H48N4O8. The summed E-state index contributed by atoms with van der Waals surface area (Å²) in [4.78, 5) is 49.2. The molecular weight excluding hydrogens is 484 g/mol. The smallest absolute Gasteiger partial charge is 0.307 e. The highest BCUT2D eigenvalue weighted by atomic mass is 16.6. The summed E-state index contributed by atoms with van der Waals surface area (Å²) >= 11 is 0. The molecule has 0 heterocycles. The monoisotopic (exact) mass is 532 g/mol. The second kappa shape index (κ2) is 22.9. The molecule has 0 radical (unpaired) electrons. The van der Waals surface area contributed by atoms with Gasteiger partial charge in [-0.3, -0.25) is 19.2 Å². The molecule has 12 nitrogen and oxygen atoms in total. The maximum Gasteiger partial charge on any atom is 0.307 e. The molecule has 0 spiro atoms. The highest BCUT2D eigenvalue weighted by Crippen LogP contribution is 2.22. The fourth-order valence-electron chi connectivity index (χ4n) is 2.94. The molecule has 0 unspecified atom stereocenters. The lowest BCUT2D eigenvalue weighted by Crippen LogP contribution is -2.44. The van der Waals surface area contributed by atoms with Crippen molar-refractivity contribution in [2.45, 2.75) is 53.4 Å². The van der Waals surface area contributed by atoms with Gasteiger partial charge in [0.2, 0.25) is 0 Å². The largest absolute Gasteiger partial charge is 0.465 e. The van der Waals surface area contributed by atoms with Gasteiger partial charge in [0.25, 0.3) is 0 Å². The summed E-state index contributed by atoms with van der Waals surface area (Å²) in [5.41, 5.74) is -1.25. The van der Waals surface area contributed by atoms with Gasteiger partial charge in [-0.2, -0.15) is 0 Å². The summed E-state index contributed by atoms with van der Waals surface area (Å²) in [6, 6.07) is 0. The summed E-state index contributed by atoms with van der Waals surface area (Å²) in [7, 11) is 0. The summed E-state index contributed by atoms with van der Waals surface area (Å²) < 4.78 is 21.8. The third-order valence-corrected chi connectivity index (χ3v) is 5.18. The van der Waals surface area contributed by atoms with Crippen molar-refractivity contribution in [2.24, 2.45) is 5.41 Å². The fraction of sp³-hybridized carbons (Fsp3) is 0.840. The molecule has 0 bridgehead atoms. The minimum Gasteiger partial charge on any atom is -0.465 e. The maximum absolute atomic E-state index is 12.3. The zero-order chi connectivity index (χ0) is 27.8. The fourth-order valence-corrected chi connectivity index (χ4v) is 2.94. The Bertz CT molecular complexity index is 539. The van der Waals surface area contributed by atoms with E-state index in [1.165, 1.54) is 0 Å². The maximum atomic E-state index is 12.3. The highest BCUT2D eigenvalue weighted by Gasteiger charge is 2.38. The molecule has 0 rings (SSSR count). The van der Waals surface area contributed by atoms with E-state index >= 15 is 0 Å². The van der Waals surface area contributed by atoms with Crippen LogP contribution >= 0.6 is 0 Å². The van der Waals surface area contributed by atoms with E-state index in [0.29, 0.717) is 52.4 Å². The van der Waals surface area contributed by atoms with Gasteiger partial charge in [-0.05, 0) is 26.2 Å². The highest BCUT2D eigenvalue weighted by molar-refractivity contribution is 5.71. The Morgan fingerprint density at radius 2 is 0.676 bits per heavy atom. The van der Waals surface area contributed by atoms with Gasteiger partial charge in [0.15, 0.2) is 0 Å². The first-order valence-corrected chi connectivity index (χ1v) is 13.3. The molecule has 0 aromatic carbocycles. The first-order valence-electron chi connectivity index (χ1n) is 13.3. The van der Waals surface area contributed by atoms with Gasteiger partial charge in [-0.25, -0.2) is 0 Å². The SMILES string of the molecule is CCNCCC(=O)OCC(COC(=O)CCNCC)(COC(=O)CCNCC)COC(=O)CCNCC. The van der Waals surface area contributed by atoms with E-state index in [4.69, 9.17) is 18.9 Å². The van der Waals surface area contributed by atoms with E-state index in [9.17, 15) is 19.2 Å². The van der Waals surface area contributed by atoms with Crippen molar-refractivity contribution in [3.8, 4) is 0 Å². The molecule has 0 saturated carbocycles. The summed E-state index contributed by atoms with van der Waals surface area (Å²) in [6.45, 7) is 11.3.